The van der Waals surface area contributed by atoms with Gasteiger partial charge in [0.2, 0.25) is 10.0 Å². The number of carbonyl (C=O) groups is 1. The van der Waals surface area contributed by atoms with Crippen LogP contribution in [0, 0.1) is 0 Å². The van der Waals surface area contributed by atoms with Crippen molar-refractivity contribution in [3.63, 3.8) is 0 Å². The highest BCUT2D eigenvalue weighted by Crippen LogP contribution is 2.24. The SMILES string of the molecule is CC(=O)c1ccc(S(=O)(=O)N2CCC(Oc3ccccc3)CC2)cc1. The van der Waals surface area contributed by atoms with Crippen molar-refractivity contribution in [2.45, 2.75) is 30.8 Å². The second kappa shape index (κ2) is 7.37. The minimum Gasteiger partial charge on any atom is -0.490 e. The molecule has 0 saturated carbocycles. The number of piperidine rings is 1. The Hall–Kier alpha value is -2.18. The number of hydrogen-bond donors (Lipinski definition) is 0. The normalized spacial score (nSPS) is 16.5. The molecule has 25 heavy (non-hydrogen) atoms. The maximum absolute atomic E-state index is 12.7. The number of hydrogen-bond acceptors (Lipinski definition) is 4. The maximum Gasteiger partial charge on any atom is 0.243 e. The van der Waals surface area contributed by atoms with Crippen molar-refractivity contribution in [1.29, 1.82) is 0 Å². The van der Waals surface area contributed by atoms with Gasteiger partial charge in [-0.2, -0.15) is 4.31 Å². The molecule has 2 aromatic rings. The lowest BCUT2D eigenvalue weighted by Gasteiger charge is -2.31. The number of carbonyl (C=O) groups excluding carboxylic acids is 1. The number of benzene rings is 2. The van der Waals surface area contributed by atoms with E-state index in [4.69, 9.17) is 4.74 Å². The maximum atomic E-state index is 12.7. The Balaban J connectivity index is 1.64. The predicted octanol–water partition coefficient (Wildman–Crippen LogP) is 3.12. The van der Waals surface area contributed by atoms with E-state index in [0.717, 1.165) is 5.75 Å². The summed E-state index contributed by atoms with van der Waals surface area (Å²) in [5, 5.41) is 0. The first-order valence-electron chi connectivity index (χ1n) is 8.29. The van der Waals surface area contributed by atoms with E-state index in [9.17, 15) is 13.2 Å². The highest BCUT2D eigenvalue weighted by atomic mass is 32.2. The number of ketones is 1. The zero-order chi connectivity index (χ0) is 17.9. The van der Waals surface area contributed by atoms with Gasteiger partial charge < -0.3 is 4.74 Å². The highest BCUT2D eigenvalue weighted by Gasteiger charge is 2.30. The number of Topliss-reactive ketones (excluding diaryl/α,β-unsaturated/α-hetero) is 1. The van der Waals surface area contributed by atoms with Gasteiger partial charge in [-0.25, -0.2) is 8.42 Å². The van der Waals surface area contributed by atoms with E-state index in [1.807, 2.05) is 30.3 Å². The summed E-state index contributed by atoms with van der Waals surface area (Å²) in [6, 6.07) is 15.7. The number of sulfonamides is 1. The lowest BCUT2D eigenvalue weighted by Crippen LogP contribution is -2.41. The van der Waals surface area contributed by atoms with E-state index < -0.39 is 10.0 Å². The second-order valence-corrected chi connectivity index (χ2v) is 8.05. The number of rotatable bonds is 5. The second-order valence-electron chi connectivity index (χ2n) is 6.11. The zero-order valence-corrected chi connectivity index (χ0v) is 14.9. The zero-order valence-electron chi connectivity index (χ0n) is 14.1. The lowest BCUT2D eigenvalue weighted by molar-refractivity contribution is 0.101. The van der Waals surface area contributed by atoms with Crippen LogP contribution in [0.1, 0.15) is 30.1 Å². The highest BCUT2D eigenvalue weighted by molar-refractivity contribution is 7.89. The summed E-state index contributed by atoms with van der Waals surface area (Å²) in [5.74, 6) is 0.728. The van der Waals surface area contributed by atoms with Gasteiger partial charge in [0.25, 0.3) is 0 Å². The largest absolute Gasteiger partial charge is 0.490 e. The molecule has 0 amide bonds. The van der Waals surface area contributed by atoms with Crippen LogP contribution in [0.5, 0.6) is 5.75 Å². The molecule has 0 aromatic heterocycles. The fourth-order valence-corrected chi connectivity index (χ4v) is 4.36. The fraction of sp³-hybridized carbons (Fsp3) is 0.316. The third-order valence-corrected chi connectivity index (χ3v) is 6.26. The quantitative estimate of drug-likeness (QED) is 0.770. The van der Waals surface area contributed by atoms with Crippen molar-refractivity contribution in [3.8, 4) is 5.75 Å². The van der Waals surface area contributed by atoms with Crippen molar-refractivity contribution in [3.05, 3.63) is 60.2 Å². The van der Waals surface area contributed by atoms with Crippen molar-refractivity contribution >= 4 is 15.8 Å². The molecule has 5 nitrogen and oxygen atoms in total. The van der Waals surface area contributed by atoms with E-state index in [-0.39, 0.29) is 16.8 Å². The lowest BCUT2D eigenvalue weighted by atomic mass is 10.1. The molecule has 0 unspecified atom stereocenters. The number of ether oxygens (including phenoxy) is 1. The summed E-state index contributed by atoms with van der Waals surface area (Å²) in [5.41, 5.74) is 0.508. The third kappa shape index (κ3) is 4.08. The Morgan fingerprint density at radius 1 is 1.00 bits per heavy atom. The molecule has 0 N–H and O–H groups in total. The minimum atomic E-state index is -3.53. The van der Waals surface area contributed by atoms with Gasteiger partial charge in [-0.3, -0.25) is 4.79 Å². The van der Waals surface area contributed by atoms with Crippen LogP contribution in [0.25, 0.3) is 0 Å². The first-order chi connectivity index (χ1) is 12.0. The van der Waals surface area contributed by atoms with Gasteiger partial charge in [0.15, 0.2) is 5.78 Å². The molecule has 0 spiro atoms. The van der Waals surface area contributed by atoms with Crippen molar-refractivity contribution in [2.24, 2.45) is 0 Å². The van der Waals surface area contributed by atoms with Gasteiger partial charge in [-0.1, -0.05) is 30.3 Å². The molecular weight excluding hydrogens is 338 g/mol. The monoisotopic (exact) mass is 359 g/mol. The van der Waals surface area contributed by atoms with Crippen LogP contribution >= 0.6 is 0 Å². The molecule has 0 aliphatic carbocycles. The molecule has 1 aliphatic heterocycles. The molecule has 1 heterocycles. The Kier molecular flexibility index (Phi) is 5.20. The molecule has 0 radical (unpaired) electrons. The number of para-hydroxylation sites is 1. The molecule has 6 heteroatoms. The van der Waals surface area contributed by atoms with Crippen molar-refractivity contribution in [1.82, 2.24) is 4.31 Å². The molecule has 2 aromatic carbocycles. The Bertz CT molecular complexity index is 823. The Labute approximate surface area is 148 Å². The summed E-state index contributed by atoms with van der Waals surface area (Å²) in [4.78, 5) is 11.5. The van der Waals surface area contributed by atoms with Crippen LogP contribution < -0.4 is 4.74 Å². The first kappa shape index (κ1) is 17.6. The predicted molar refractivity (Wildman–Crippen MR) is 95.3 cm³/mol. The summed E-state index contributed by atoms with van der Waals surface area (Å²) in [6.07, 6.45) is 1.33. The fourth-order valence-electron chi connectivity index (χ4n) is 2.89. The van der Waals surface area contributed by atoms with E-state index in [1.54, 1.807) is 12.1 Å². The molecule has 1 aliphatic rings. The summed E-state index contributed by atoms with van der Waals surface area (Å²) in [6.45, 7) is 2.31. The van der Waals surface area contributed by atoms with E-state index >= 15 is 0 Å². The van der Waals surface area contributed by atoms with Gasteiger partial charge in [0.05, 0.1) is 4.90 Å². The van der Waals surface area contributed by atoms with Gasteiger partial charge in [0, 0.05) is 18.7 Å². The van der Waals surface area contributed by atoms with Crippen LogP contribution in [0.3, 0.4) is 0 Å². The first-order valence-corrected chi connectivity index (χ1v) is 9.74. The van der Waals surface area contributed by atoms with Crippen LogP contribution in [-0.4, -0.2) is 37.7 Å². The van der Waals surface area contributed by atoms with Gasteiger partial charge in [-0.15, -0.1) is 0 Å². The van der Waals surface area contributed by atoms with Crippen molar-refractivity contribution < 1.29 is 17.9 Å². The Morgan fingerprint density at radius 2 is 1.60 bits per heavy atom. The van der Waals surface area contributed by atoms with Crippen molar-refractivity contribution in [2.75, 3.05) is 13.1 Å². The van der Waals surface area contributed by atoms with Crippen LogP contribution in [0.4, 0.5) is 0 Å². The van der Waals surface area contributed by atoms with Crippen LogP contribution in [-0.2, 0) is 10.0 Å². The average molecular weight is 359 g/mol. The summed E-state index contributed by atoms with van der Waals surface area (Å²) in [7, 11) is -3.53. The van der Waals surface area contributed by atoms with Crippen LogP contribution in [0.15, 0.2) is 59.5 Å². The van der Waals surface area contributed by atoms with E-state index in [2.05, 4.69) is 0 Å². The summed E-state index contributed by atoms with van der Waals surface area (Å²) < 4.78 is 32.9. The minimum absolute atomic E-state index is 0.0222. The Morgan fingerprint density at radius 3 is 2.16 bits per heavy atom. The number of nitrogens with zero attached hydrogens (tertiary/aromatic N) is 1. The standard InChI is InChI=1S/C19H21NO4S/c1-15(21)16-7-9-19(10-8-16)25(22,23)20-13-11-18(12-14-20)24-17-5-3-2-4-6-17/h2-10,18H,11-14H2,1H3. The third-order valence-electron chi connectivity index (χ3n) is 4.35. The molecule has 1 fully saturated rings. The van der Waals surface area contributed by atoms with Gasteiger partial charge in [0.1, 0.15) is 11.9 Å². The summed E-state index contributed by atoms with van der Waals surface area (Å²) >= 11 is 0. The molecule has 132 valence electrons. The smallest absolute Gasteiger partial charge is 0.243 e. The van der Waals surface area contributed by atoms with Crippen LogP contribution in [0.2, 0.25) is 0 Å². The molecular formula is C19H21NO4S. The molecule has 3 rings (SSSR count). The van der Waals surface area contributed by atoms with E-state index in [1.165, 1.54) is 23.4 Å². The molecule has 1 saturated heterocycles. The molecule has 0 bridgehead atoms. The molecule has 0 atom stereocenters. The topological polar surface area (TPSA) is 63.7 Å². The van der Waals surface area contributed by atoms with Gasteiger partial charge >= 0.3 is 0 Å². The average Bonchev–Trinajstić information content (AvgIpc) is 2.63. The van der Waals surface area contributed by atoms with E-state index in [0.29, 0.717) is 31.5 Å². The van der Waals surface area contributed by atoms with Gasteiger partial charge in [-0.05, 0) is 44.0 Å².